The van der Waals surface area contributed by atoms with Gasteiger partial charge in [0.05, 0.1) is 10.8 Å². The van der Waals surface area contributed by atoms with E-state index in [1.807, 2.05) is 0 Å². The Hall–Kier alpha value is 0.870. The van der Waals surface area contributed by atoms with Gasteiger partial charge in [0, 0.05) is 13.0 Å². The predicted molar refractivity (Wildman–Crippen MR) is 80.1 cm³/mol. The van der Waals surface area contributed by atoms with Crippen molar-refractivity contribution in [1.29, 1.82) is 5.41 Å². The zero-order valence-electron chi connectivity index (χ0n) is 8.88. The second-order valence-electron chi connectivity index (χ2n) is 3.53. The highest BCUT2D eigenvalue weighted by atomic mass is 79.9. The van der Waals surface area contributed by atoms with E-state index in [9.17, 15) is 0 Å². The van der Waals surface area contributed by atoms with Gasteiger partial charge in [-0.1, -0.05) is 22.9 Å². The zero-order chi connectivity index (χ0) is 9.68. The topological polar surface area (TPSA) is 47.9 Å². The molecule has 1 aliphatic carbocycles. The van der Waals surface area contributed by atoms with Crippen molar-refractivity contribution < 1.29 is 0 Å². The van der Waals surface area contributed by atoms with E-state index in [0.717, 1.165) is 25.4 Å². The standard InChI is InChI=1S/C9H18BrN3.2BrH/c1-2-12-8(10)5-9(11)13-6-7-3-4-7;;/h7-8,12H,2-6H2,1H3,(H2,11,13);2*1H. The first kappa shape index (κ1) is 18.2. The molecule has 6 heteroatoms. The summed E-state index contributed by atoms with van der Waals surface area (Å²) in [6, 6.07) is 0. The van der Waals surface area contributed by atoms with Crippen molar-refractivity contribution in [2.45, 2.75) is 31.1 Å². The molecule has 0 saturated heterocycles. The van der Waals surface area contributed by atoms with Crippen molar-refractivity contribution in [2.24, 2.45) is 5.92 Å². The molecular weight excluding hydrogens is 390 g/mol. The normalized spacial score (nSPS) is 15.9. The molecule has 3 N–H and O–H groups in total. The Morgan fingerprint density at radius 3 is 2.53 bits per heavy atom. The molecule has 0 amide bonds. The van der Waals surface area contributed by atoms with Gasteiger partial charge in [0.1, 0.15) is 0 Å². The Morgan fingerprint density at radius 1 is 1.47 bits per heavy atom. The van der Waals surface area contributed by atoms with E-state index in [4.69, 9.17) is 5.41 Å². The molecule has 15 heavy (non-hydrogen) atoms. The molecular formula is C9H20Br3N3. The Kier molecular flexibility index (Phi) is 12.2. The van der Waals surface area contributed by atoms with Crippen molar-refractivity contribution in [1.82, 2.24) is 10.6 Å². The second-order valence-corrected chi connectivity index (χ2v) is 4.64. The Balaban J connectivity index is 0. The maximum atomic E-state index is 7.64. The molecule has 0 aromatic carbocycles. The third-order valence-corrected chi connectivity index (χ3v) is 2.76. The van der Waals surface area contributed by atoms with E-state index in [0.29, 0.717) is 5.84 Å². The predicted octanol–water partition coefficient (Wildman–Crippen LogP) is 2.84. The summed E-state index contributed by atoms with van der Waals surface area (Å²) in [5, 5.41) is 14.0. The van der Waals surface area contributed by atoms with Crippen molar-refractivity contribution in [3.63, 3.8) is 0 Å². The van der Waals surface area contributed by atoms with Crippen LogP contribution < -0.4 is 10.6 Å². The molecule has 1 fully saturated rings. The maximum absolute atomic E-state index is 7.64. The van der Waals surface area contributed by atoms with Crippen molar-refractivity contribution in [3.05, 3.63) is 0 Å². The lowest BCUT2D eigenvalue weighted by Gasteiger charge is -2.12. The van der Waals surface area contributed by atoms with E-state index in [1.165, 1.54) is 12.8 Å². The summed E-state index contributed by atoms with van der Waals surface area (Å²) in [6.45, 7) is 3.99. The number of amidine groups is 1. The van der Waals surface area contributed by atoms with Gasteiger partial charge < -0.3 is 10.6 Å². The van der Waals surface area contributed by atoms with Crippen molar-refractivity contribution in [3.8, 4) is 0 Å². The van der Waals surface area contributed by atoms with Crippen LogP contribution in [0, 0.1) is 11.3 Å². The second kappa shape index (κ2) is 10.1. The summed E-state index contributed by atoms with van der Waals surface area (Å²) in [5.41, 5.74) is 0. The third-order valence-electron chi connectivity index (χ3n) is 2.11. The van der Waals surface area contributed by atoms with Crippen LogP contribution >= 0.6 is 49.9 Å². The van der Waals surface area contributed by atoms with Gasteiger partial charge in [0.25, 0.3) is 0 Å². The average Bonchev–Trinajstić information content (AvgIpc) is 2.84. The monoisotopic (exact) mass is 407 g/mol. The van der Waals surface area contributed by atoms with Crippen LogP contribution in [0.3, 0.4) is 0 Å². The summed E-state index contributed by atoms with van der Waals surface area (Å²) >= 11 is 3.47. The van der Waals surface area contributed by atoms with Crippen LogP contribution in [-0.2, 0) is 0 Å². The van der Waals surface area contributed by atoms with E-state index in [1.54, 1.807) is 0 Å². The molecule has 0 radical (unpaired) electrons. The van der Waals surface area contributed by atoms with Crippen LogP contribution in [0.5, 0.6) is 0 Å². The lowest BCUT2D eigenvalue weighted by molar-refractivity contribution is 0.682. The molecule has 1 rings (SSSR count). The number of rotatable bonds is 6. The molecule has 1 unspecified atom stereocenters. The largest absolute Gasteiger partial charge is 0.374 e. The molecule has 1 atom stereocenters. The third kappa shape index (κ3) is 9.78. The average molecular weight is 410 g/mol. The van der Waals surface area contributed by atoms with Gasteiger partial charge in [-0.2, -0.15) is 0 Å². The molecule has 0 heterocycles. The van der Waals surface area contributed by atoms with E-state index in [-0.39, 0.29) is 38.9 Å². The van der Waals surface area contributed by atoms with Crippen LogP contribution in [0.2, 0.25) is 0 Å². The van der Waals surface area contributed by atoms with Crippen LogP contribution in [0.15, 0.2) is 0 Å². The maximum Gasteiger partial charge on any atom is 0.0956 e. The molecule has 1 saturated carbocycles. The highest BCUT2D eigenvalue weighted by molar-refractivity contribution is 9.09. The Labute approximate surface area is 121 Å². The van der Waals surface area contributed by atoms with Gasteiger partial charge in [-0.05, 0) is 25.3 Å². The molecule has 0 aliphatic heterocycles. The highest BCUT2D eigenvalue weighted by Crippen LogP contribution is 2.27. The van der Waals surface area contributed by atoms with Crippen LogP contribution in [0.25, 0.3) is 0 Å². The molecule has 3 nitrogen and oxygen atoms in total. The van der Waals surface area contributed by atoms with Crippen LogP contribution in [-0.4, -0.2) is 23.9 Å². The minimum atomic E-state index is 0. The van der Waals surface area contributed by atoms with Gasteiger partial charge in [-0.3, -0.25) is 5.41 Å². The fourth-order valence-electron chi connectivity index (χ4n) is 1.13. The molecule has 1 aliphatic rings. The van der Waals surface area contributed by atoms with Gasteiger partial charge in [0.2, 0.25) is 0 Å². The fraction of sp³-hybridized carbons (Fsp3) is 0.889. The quantitative estimate of drug-likeness (QED) is 0.273. The summed E-state index contributed by atoms with van der Waals surface area (Å²) in [6.07, 6.45) is 3.41. The van der Waals surface area contributed by atoms with Gasteiger partial charge in [0.15, 0.2) is 0 Å². The highest BCUT2D eigenvalue weighted by Gasteiger charge is 2.21. The fourth-order valence-corrected chi connectivity index (χ4v) is 1.78. The van der Waals surface area contributed by atoms with Crippen LogP contribution in [0.1, 0.15) is 26.2 Å². The van der Waals surface area contributed by atoms with E-state index >= 15 is 0 Å². The first-order valence-corrected chi connectivity index (χ1v) is 5.82. The van der Waals surface area contributed by atoms with E-state index in [2.05, 4.69) is 33.5 Å². The molecule has 0 spiro atoms. The first-order valence-electron chi connectivity index (χ1n) is 4.91. The lowest BCUT2D eigenvalue weighted by atomic mass is 10.3. The smallest absolute Gasteiger partial charge is 0.0956 e. The SMILES string of the molecule is Br.Br.CCNC(Br)CC(=N)NCC1CC1. The minimum Gasteiger partial charge on any atom is -0.374 e. The van der Waals surface area contributed by atoms with Crippen molar-refractivity contribution >= 4 is 55.7 Å². The Morgan fingerprint density at radius 2 is 2.07 bits per heavy atom. The van der Waals surface area contributed by atoms with E-state index < -0.39 is 0 Å². The number of alkyl halides is 1. The summed E-state index contributed by atoms with van der Waals surface area (Å²) < 4.78 is 0. The number of hydrogen-bond acceptors (Lipinski definition) is 2. The van der Waals surface area contributed by atoms with Crippen LogP contribution in [0.4, 0.5) is 0 Å². The van der Waals surface area contributed by atoms with Crippen molar-refractivity contribution in [2.75, 3.05) is 13.1 Å². The summed E-state index contributed by atoms with van der Waals surface area (Å²) in [5.74, 6) is 1.47. The first-order chi connectivity index (χ1) is 6.22. The number of halogens is 3. The van der Waals surface area contributed by atoms with Gasteiger partial charge in [-0.25, -0.2) is 0 Å². The summed E-state index contributed by atoms with van der Waals surface area (Å²) in [7, 11) is 0. The molecule has 92 valence electrons. The molecule has 0 bridgehead atoms. The minimum absolute atomic E-state index is 0. The van der Waals surface area contributed by atoms with Gasteiger partial charge in [-0.15, -0.1) is 34.0 Å². The molecule has 0 aromatic heterocycles. The zero-order valence-corrected chi connectivity index (χ0v) is 13.9. The Bertz CT molecular complexity index is 174. The lowest BCUT2D eigenvalue weighted by Crippen LogP contribution is -2.32. The molecule has 0 aromatic rings. The number of hydrogen-bond donors (Lipinski definition) is 3. The number of nitrogens with one attached hydrogen (secondary N) is 3. The van der Waals surface area contributed by atoms with Gasteiger partial charge >= 0.3 is 0 Å². The summed E-state index contributed by atoms with van der Waals surface area (Å²) in [4.78, 5) is 0.233.